The maximum absolute atomic E-state index is 4.09. The average Bonchev–Trinajstić information content (AvgIpc) is 2.71. The summed E-state index contributed by atoms with van der Waals surface area (Å²) in [4.78, 5) is 6.82. The van der Waals surface area contributed by atoms with Crippen LogP contribution in [0.1, 0.15) is 23.6 Å². The molecular weight excluding hydrogens is 236 g/mol. The van der Waals surface area contributed by atoms with Gasteiger partial charge in [0, 0.05) is 4.88 Å². The molecule has 1 fully saturated rings. The van der Waals surface area contributed by atoms with Gasteiger partial charge in [0.05, 0.1) is 6.20 Å². The van der Waals surface area contributed by atoms with Gasteiger partial charge in [-0.1, -0.05) is 0 Å². The molecule has 0 atom stereocenters. The molecule has 1 aliphatic rings. The van der Waals surface area contributed by atoms with E-state index in [0.29, 0.717) is 0 Å². The standard InChI is InChI=1S/C8H7BrN2S/c9-8-7(5-1-2-5)12-6-3-10-4-11(6)8/h3-5H,1-2H2. The normalized spacial score (nSPS) is 17.4. The monoisotopic (exact) mass is 242 g/mol. The van der Waals surface area contributed by atoms with Crippen LogP contribution in [0.15, 0.2) is 17.1 Å². The second-order valence-electron chi connectivity index (χ2n) is 3.13. The molecule has 2 heterocycles. The van der Waals surface area contributed by atoms with Crippen LogP contribution in [0.3, 0.4) is 0 Å². The largest absolute Gasteiger partial charge is 0.283 e. The van der Waals surface area contributed by atoms with Crippen molar-refractivity contribution in [3.63, 3.8) is 0 Å². The molecule has 1 saturated carbocycles. The molecule has 0 aromatic carbocycles. The summed E-state index contributed by atoms with van der Waals surface area (Å²) in [5.41, 5.74) is 0. The summed E-state index contributed by atoms with van der Waals surface area (Å²) in [6, 6.07) is 0. The first-order valence-corrected chi connectivity index (χ1v) is 5.57. The van der Waals surface area contributed by atoms with E-state index in [9.17, 15) is 0 Å². The molecule has 2 aromatic heterocycles. The molecule has 0 spiro atoms. The number of aromatic nitrogens is 2. The molecule has 0 saturated heterocycles. The minimum absolute atomic E-state index is 0.823. The van der Waals surface area contributed by atoms with Crippen molar-refractivity contribution >= 4 is 32.1 Å². The van der Waals surface area contributed by atoms with Crippen LogP contribution >= 0.6 is 27.3 Å². The highest BCUT2D eigenvalue weighted by Gasteiger charge is 2.28. The Balaban J connectivity index is 2.29. The molecule has 0 radical (unpaired) electrons. The van der Waals surface area contributed by atoms with E-state index in [1.807, 2.05) is 23.9 Å². The van der Waals surface area contributed by atoms with E-state index in [0.717, 1.165) is 5.92 Å². The number of hydrogen-bond acceptors (Lipinski definition) is 2. The van der Waals surface area contributed by atoms with Gasteiger partial charge in [0.2, 0.25) is 0 Å². The van der Waals surface area contributed by atoms with Gasteiger partial charge in [0.1, 0.15) is 15.8 Å². The van der Waals surface area contributed by atoms with Gasteiger partial charge < -0.3 is 0 Å². The molecule has 2 aromatic rings. The van der Waals surface area contributed by atoms with Crippen LogP contribution in [0.5, 0.6) is 0 Å². The third kappa shape index (κ3) is 0.880. The van der Waals surface area contributed by atoms with Crippen LogP contribution in [0.2, 0.25) is 0 Å². The van der Waals surface area contributed by atoms with Gasteiger partial charge in [0.15, 0.2) is 0 Å². The van der Waals surface area contributed by atoms with Crippen LogP contribution in [-0.4, -0.2) is 9.38 Å². The Morgan fingerprint density at radius 1 is 1.58 bits per heavy atom. The molecule has 1 aliphatic carbocycles. The Morgan fingerprint density at radius 2 is 2.42 bits per heavy atom. The van der Waals surface area contributed by atoms with E-state index < -0.39 is 0 Å². The van der Waals surface area contributed by atoms with Gasteiger partial charge >= 0.3 is 0 Å². The van der Waals surface area contributed by atoms with Gasteiger partial charge in [-0.05, 0) is 34.7 Å². The fourth-order valence-electron chi connectivity index (χ4n) is 1.38. The lowest BCUT2D eigenvalue weighted by Crippen LogP contribution is -1.78. The molecular formula is C8H7BrN2S. The third-order valence-electron chi connectivity index (χ3n) is 2.18. The SMILES string of the molecule is Brc1c(C2CC2)sc2cncn12. The Hall–Kier alpha value is -0.350. The Bertz CT molecular complexity index is 427. The van der Waals surface area contributed by atoms with E-state index >= 15 is 0 Å². The van der Waals surface area contributed by atoms with Gasteiger partial charge in [-0.15, -0.1) is 11.3 Å². The number of rotatable bonds is 1. The van der Waals surface area contributed by atoms with Crippen molar-refractivity contribution in [2.75, 3.05) is 0 Å². The number of fused-ring (bicyclic) bond motifs is 1. The first-order valence-electron chi connectivity index (χ1n) is 3.96. The first-order chi connectivity index (χ1) is 5.86. The number of imidazole rings is 1. The lowest BCUT2D eigenvalue weighted by molar-refractivity contribution is 1.07. The number of nitrogens with zero attached hydrogens (tertiary/aromatic N) is 2. The van der Waals surface area contributed by atoms with Crippen molar-refractivity contribution in [3.05, 3.63) is 22.0 Å². The van der Waals surface area contributed by atoms with Crippen molar-refractivity contribution in [1.29, 1.82) is 0 Å². The number of thiazole rings is 1. The Kier molecular flexibility index (Phi) is 1.37. The molecule has 12 heavy (non-hydrogen) atoms. The number of hydrogen-bond donors (Lipinski definition) is 0. The van der Waals surface area contributed by atoms with Crippen molar-refractivity contribution in [1.82, 2.24) is 9.38 Å². The van der Waals surface area contributed by atoms with Crippen molar-refractivity contribution in [2.24, 2.45) is 0 Å². The predicted octanol–water partition coefficient (Wildman–Crippen LogP) is 3.04. The summed E-state index contributed by atoms with van der Waals surface area (Å²) in [5.74, 6) is 0.823. The summed E-state index contributed by atoms with van der Waals surface area (Å²) >= 11 is 5.46. The smallest absolute Gasteiger partial charge is 0.120 e. The summed E-state index contributed by atoms with van der Waals surface area (Å²) in [6.45, 7) is 0. The van der Waals surface area contributed by atoms with E-state index in [4.69, 9.17) is 0 Å². The van der Waals surface area contributed by atoms with Crippen molar-refractivity contribution < 1.29 is 0 Å². The Labute approximate surface area is 82.4 Å². The van der Waals surface area contributed by atoms with Crippen molar-refractivity contribution in [3.8, 4) is 0 Å². The minimum Gasteiger partial charge on any atom is -0.283 e. The van der Waals surface area contributed by atoms with Gasteiger partial charge in [-0.25, -0.2) is 4.98 Å². The number of halogens is 1. The maximum Gasteiger partial charge on any atom is 0.120 e. The van der Waals surface area contributed by atoms with E-state index in [2.05, 4.69) is 25.3 Å². The maximum atomic E-state index is 4.09. The zero-order chi connectivity index (χ0) is 8.13. The molecule has 0 amide bonds. The highest BCUT2D eigenvalue weighted by molar-refractivity contribution is 9.10. The van der Waals surface area contributed by atoms with Crippen LogP contribution < -0.4 is 0 Å². The highest BCUT2D eigenvalue weighted by Crippen LogP contribution is 2.47. The first kappa shape index (κ1) is 7.09. The minimum atomic E-state index is 0.823. The van der Waals surface area contributed by atoms with Crippen LogP contribution in [0.25, 0.3) is 4.83 Å². The van der Waals surface area contributed by atoms with E-state index in [1.165, 1.54) is 27.2 Å². The molecule has 0 N–H and O–H groups in total. The van der Waals surface area contributed by atoms with Crippen LogP contribution in [-0.2, 0) is 0 Å². The lowest BCUT2D eigenvalue weighted by atomic mass is 10.4. The summed E-state index contributed by atoms with van der Waals surface area (Å²) in [7, 11) is 0. The second kappa shape index (κ2) is 2.33. The predicted molar refractivity (Wildman–Crippen MR) is 52.7 cm³/mol. The van der Waals surface area contributed by atoms with Gasteiger partial charge in [-0.3, -0.25) is 4.40 Å². The van der Waals surface area contributed by atoms with E-state index in [-0.39, 0.29) is 0 Å². The van der Waals surface area contributed by atoms with E-state index in [1.54, 1.807) is 0 Å². The fraction of sp³-hybridized carbons (Fsp3) is 0.375. The van der Waals surface area contributed by atoms with Gasteiger partial charge in [0.25, 0.3) is 0 Å². The zero-order valence-corrected chi connectivity index (χ0v) is 8.73. The van der Waals surface area contributed by atoms with Gasteiger partial charge in [-0.2, -0.15) is 0 Å². The lowest BCUT2D eigenvalue weighted by Gasteiger charge is -1.90. The summed E-state index contributed by atoms with van der Waals surface area (Å²) in [6.07, 6.45) is 6.49. The molecule has 0 bridgehead atoms. The molecule has 2 nitrogen and oxygen atoms in total. The van der Waals surface area contributed by atoms with Crippen molar-refractivity contribution in [2.45, 2.75) is 18.8 Å². The fourth-order valence-corrected chi connectivity index (χ4v) is 3.50. The molecule has 0 aliphatic heterocycles. The average molecular weight is 243 g/mol. The molecule has 0 unspecified atom stereocenters. The third-order valence-corrected chi connectivity index (χ3v) is 4.51. The summed E-state index contributed by atoms with van der Waals surface area (Å²) in [5, 5.41) is 0. The highest BCUT2D eigenvalue weighted by atomic mass is 79.9. The second-order valence-corrected chi connectivity index (χ2v) is 4.95. The zero-order valence-electron chi connectivity index (χ0n) is 6.33. The molecule has 4 heteroatoms. The molecule has 3 rings (SSSR count). The summed E-state index contributed by atoms with van der Waals surface area (Å²) < 4.78 is 3.32. The topological polar surface area (TPSA) is 17.3 Å². The molecule has 62 valence electrons. The van der Waals surface area contributed by atoms with Crippen LogP contribution in [0.4, 0.5) is 0 Å². The quantitative estimate of drug-likeness (QED) is 0.752. The Morgan fingerprint density at radius 3 is 3.08 bits per heavy atom. The van der Waals surface area contributed by atoms with Crippen LogP contribution in [0, 0.1) is 0 Å².